The summed E-state index contributed by atoms with van der Waals surface area (Å²) in [6.07, 6.45) is 6.17. The topological polar surface area (TPSA) is 214 Å². The predicted octanol–water partition coefficient (Wildman–Crippen LogP) is 1.24. The first-order chi connectivity index (χ1) is 21.3. The second-order valence-corrected chi connectivity index (χ2v) is 10.9. The van der Waals surface area contributed by atoms with E-state index in [9.17, 15) is 19.2 Å². The smallest absolute Gasteiger partial charge is 0.243 e. The van der Waals surface area contributed by atoms with Crippen molar-refractivity contribution in [3.05, 3.63) is 72.1 Å². The van der Waals surface area contributed by atoms with Gasteiger partial charge in [0.2, 0.25) is 23.6 Å². The number of fused-ring (bicyclic) bond motifs is 2. The lowest BCUT2D eigenvalue weighted by Gasteiger charge is -2.25. The molecule has 11 N–H and O–H groups in total. The quantitative estimate of drug-likeness (QED) is 0.0832. The van der Waals surface area contributed by atoms with Gasteiger partial charge in [0.1, 0.15) is 18.1 Å². The summed E-state index contributed by atoms with van der Waals surface area (Å²) in [7, 11) is 0. The van der Waals surface area contributed by atoms with E-state index < -0.39 is 35.8 Å². The van der Waals surface area contributed by atoms with E-state index in [1.807, 2.05) is 54.7 Å². The fourth-order valence-electron chi connectivity index (χ4n) is 5.31. The van der Waals surface area contributed by atoms with Crippen LogP contribution < -0.4 is 33.2 Å². The van der Waals surface area contributed by atoms with Crippen LogP contribution in [0.4, 0.5) is 0 Å². The minimum absolute atomic E-state index is 0.136. The van der Waals surface area contributed by atoms with Crippen molar-refractivity contribution in [2.45, 2.75) is 63.1 Å². The number of carbonyl (C=O) groups is 4. The molecule has 4 rings (SSSR count). The Hall–Kier alpha value is -4.68. The molecular weight excluding hydrogens is 560 g/mol. The molecule has 0 aliphatic heterocycles. The number of carbonyl (C=O) groups excluding carboxylic acids is 4. The maximum Gasteiger partial charge on any atom is 0.243 e. The minimum atomic E-state index is -1.07. The van der Waals surface area contributed by atoms with Crippen molar-refractivity contribution >= 4 is 45.4 Å². The van der Waals surface area contributed by atoms with Crippen LogP contribution in [0.25, 0.3) is 21.8 Å². The summed E-state index contributed by atoms with van der Waals surface area (Å²) >= 11 is 0. The Morgan fingerprint density at radius 1 is 0.659 bits per heavy atom. The number of benzene rings is 2. The zero-order chi connectivity index (χ0) is 31.5. The molecule has 0 fully saturated rings. The molecule has 12 heteroatoms. The van der Waals surface area contributed by atoms with Gasteiger partial charge < -0.3 is 43.1 Å². The van der Waals surface area contributed by atoms with Crippen molar-refractivity contribution < 1.29 is 19.2 Å². The first-order valence-electron chi connectivity index (χ1n) is 15.0. The molecule has 0 unspecified atom stereocenters. The van der Waals surface area contributed by atoms with Crippen LogP contribution in [0, 0.1) is 0 Å². The highest BCUT2D eigenvalue weighted by atomic mass is 16.2. The van der Waals surface area contributed by atoms with E-state index in [-0.39, 0.29) is 25.2 Å². The second kappa shape index (κ2) is 15.7. The molecule has 0 spiro atoms. The molecule has 2 heterocycles. The van der Waals surface area contributed by atoms with Gasteiger partial charge in [-0.05, 0) is 62.0 Å². The SMILES string of the molecule is NCCCC[C@H](NC(=O)[C@@H](Cc1c[nH]c2ccccc12)NC(=O)[C@@H](Cc1c[nH]c2ccccc12)NC(=O)CCCN)C(N)=O. The molecule has 0 radical (unpaired) electrons. The molecule has 0 aliphatic carbocycles. The number of rotatable bonds is 17. The largest absolute Gasteiger partial charge is 0.368 e. The average molecular weight is 603 g/mol. The minimum Gasteiger partial charge on any atom is -0.368 e. The summed E-state index contributed by atoms with van der Waals surface area (Å²) in [5.41, 5.74) is 20.2. The summed E-state index contributed by atoms with van der Waals surface area (Å²) in [6, 6.07) is 12.3. The lowest BCUT2D eigenvalue weighted by Crippen LogP contribution is -2.57. The predicted molar refractivity (Wildman–Crippen MR) is 170 cm³/mol. The standard InChI is InChI=1S/C32H42N8O4/c33-14-6-5-12-26(30(35)42)39-32(44)28(17-21-19-37-25-11-4-2-9-23(21)25)40-31(43)27(38-29(41)13-7-15-34)16-20-18-36-24-10-3-1-8-22(20)24/h1-4,8-11,18-19,26-28,36-37H,5-7,12-17,33-34H2,(H2,35,42)(H,38,41)(H,39,44)(H,40,43)/t26-,27+,28+/m0/s1. The molecule has 0 saturated heterocycles. The van der Waals surface area contributed by atoms with Crippen LogP contribution in [0.15, 0.2) is 60.9 Å². The molecule has 234 valence electrons. The number of hydrogen-bond acceptors (Lipinski definition) is 6. The number of aromatic nitrogens is 2. The van der Waals surface area contributed by atoms with Crippen molar-refractivity contribution in [2.24, 2.45) is 17.2 Å². The van der Waals surface area contributed by atoms with Crippen molar-refractivity contribution in [3.63, 3.8) is 0 Å². The first-order valence-corrected chi connectivity index (χ1v) is 15.0. The number of amides is 4. The van der Waals surface area contributed by atoms with Gasteiger partial charge in [-0.15, -0.1) is 0 Å². The number of nitrogens with one attached hydrogen (secondary N) is 5. The van der Waals surface area contributed by atoms with Gasteiger partial charge in [-0.25, -0.2) is 0 Å². The third-order valence-corrected chi connectivity index (χ3v) is 7.70. The maximum absolute atomic E-state index is 13.9. The van der Waals surface area contributed by atoms with E-state index in [4.69, 9.17) is 17.2 Å². The van der Waals surface area contributed by atoms with Gasteiger partial charge in [-0.1, -0.05) is 36.4 Å². The van der Waals surface area contributed by atoms with Gasteiger partial charge in [0.15, 0.2) is 0 Å². The number of unbranched alkanes of at least 4 members (excludes halogenated alkanes) is 1. The van der Waals surface area contributed by atoms with E-state index in [0.29, 0.717) is 38.8 Å². The van der Waals surface area contributed by atoms with Crippen LogP contribution in [0.3, 0.4) is 0 Å². The molecule has 0 saturated carbocycles. The number of aromatic amines is 2. The van der Waals surface area contributed by atoms with Gasteiger partial charge in [0.25, 0.3) is 0 Å². The summed E-state index contributed by atoms with van der Waals surface area (Å²) in [5, 5.41) is 10.3. The van der Waals surface area contributed by atoms with Gasteiger partial charge in [-0.2, -0.15) is 0 Å². The highest BCUT2D eigenvalue weighted by Crippen LogP contribution is 2.21. The lowest BCUT2D eigenvalue weighted by atomic mass is 10.0. The summed E-state index contributed by atoms with van der Waals surface area (Å²) in [5.74, 6) is -2.07. The molecule has 2 aromatic carbocycles. The van der Waals surface area contributed by atoms with Gasteiger partial charge in [0, 0.05) is 53.5 Å². The highest BCUT2D eigenvalue weighted by molar-refractivity contribution is 5.95. The highest BCUT2D eigenvalue weighted by Gasteiger charge is 2.30. The van der Waals surface area contributed by atoms with Gasteiger partial charge in [0.05, 0.1) is 0 Å². The molecule has 0 aliphatic rings. The van der Waals surface area contributed by atoms with Gasteiger partial charge >= 0.3 is 0 Å². The van der Waals surface area contributed by atoms with Crippen molar-refractivity contribution in [3.8, 4) is 0 Å². The zero-order valence-electron chi connectivity index (χ0n) is 24.7. The second-order valence-electron chi connectivity index (χ2n) is 10.9. The van der Waals surface area contributed by atoms with E-state index in [1.165, 1.54) is 0 Å². The zero-order valence-corrected chi connectivity index (χ0v) is 24.7. The van der Waals surface area contributed by atoms with Crippen LogP contribution in [0.1, 0.15) is 43.2 Å². The van der Waals surface area contributed by atoms with Crippen LogP contribution in [0.2, 0.25) is 0 Å². The Morgan fingerprint density at radius 3 is 1.68 bits per heavy atom. The average Bonchev–Trinajstić information content (AvgIpc) is 3.62. The van der Waals surface area contributed by atoms with Crippen molar-refractivity contribution in [1.82, 2.24) is 25.9 Å². The first kappa shape index (κ1) is 32.2. The molecule has 3 atom stereocenters. The summed E-state index contributed by atoms with van der Waals surface area (Å²) < 4.78 is 0. The van der Waals surface area contributed by atoms with Crippen LogP contribution in [-0.2, 0) is 32.0 Å². The van der Waals surface area contributed by atoms with Crippen LogP contribution in [0.5, 0.6) is 0 Å². The summed E-state index contributed by atoms with van der Waals surface area (Å²) in [6.45, 7) is 0.791. The number of hydrogen-bond donors (Lipinski definition) is 8. The Morgan fingerprint density at radius 2 is 1.16 bits per heavy atom. The molecular formula is C32H42N8O4. The van der Waals surface area contributed by atoms with Crippen LogP contribution >= 0.6 is 0 Å². The van der Waals surface area contributed by atoms with Crippen molar-refractivity contribution in [2.75, 3.05) is 13.1 Å². The molecule has 0 bridgehead atoms. The number of para-hydroxylation sites is 2. The third kappa shape index (κ3) is 8.45. The lowest BCUT2D eigenvalue weighted by molar-refractivity contribution is -0.133. The Balaban J connectivity index is 1.60. The number of nitrogens with two attached hydrogens (primary N) is 3. The molecule has 44 heavy (non-hydrogen) atoms. The summed E-state index contributed by atoms with van der Waals surface area (Å²) in [4.78, 5) is 59.0. The molecule has 12 nitrogen and oxygen atoms in total. The van der Waals surface area contributed by atoms with E-state index >= 15 is 0 Å². The van der Waals surface area contributed by atoms with E-state index in [2.05, 4.69) is 25.9 Å². The van der Waals surface area contributed by atoms with Crippen LogP contribution in [-0.4, -0.2) is 64.8 Å². The fourth-order valence-corrected chi connectivity index (χ4v) is 5.31. The third-order valence-electron chi connectivity index (χ3n) is 7.70. The Labute approximate surface area is 255 Å². The fraction of sp³-hybridized carbons (Fsp3) is 0.375. The Kier molecular flexibility index (Phi) is 11.5. The number of H-pyrrole nitrogens is 2. The molecule has 4 aromatic rings. The van der Waals surface area contributed by atoms with E-state index in [0.717, 1.165) is 32.9 Å². The van der Waals surface area contributed by atoms with Crippen molar-refractivity contribution in [1.29, 1.82) is 0 Å². The molecule has 4 amide bonds. The Bertz CT molecular complexity index is 1580. The van der Waals surface area contributed by atoms with Gasteiger partial charge in [-0.3, -0.25) is 19.2 Å². The number of primary amides is 1. The van der Waals surface area contributed by atoms with E-state index in [1.54, 1.807) is 6.20 Å². The molecule has 2 aromatic heterocycles. The monoisotopic (exact) mass is 602 g/mol. The normalized spacial score (nSPS) is 13.3. The maximum atomic E-state index is 13.9.